The molecule has 2 aliphatic rings. The summed E-state index contributed by atoms with van der Waals surface area (Å²) in [6, 6.07) is 7.36. The number of hydrogen-bond donors (Lipinski definition) is 5. The molecule has 0 radical (unpaired) electrons. The fourth-order valence-corrected chi connectivity index (χ4v) is 10.5. The molecule has 2 heterocycles. The van der Waals surface area contributed by atoms with Crippen molar-refractivity contribution in [1.29, 1.82) is 0 Å². The number of rotatable bonds is 24. The Morgan fingerprint density at radius 3 is 2.13 bits per heavy atom. The van der Waals surface area contributed by atoms with Crippen molar-refractivity contribution in [2.45, 2.75) is 117 Å². The van der Waals surface area contributed by atoms with Gasteiger partial charge >= 0.3 is 0 Å². The average Bonchev–Trinajstić information content (AvgIpc) is 3.91. The van der Waals surface area contributed by atoms with Gasteiger partial charge in [-0.25, -0.2) is 4.99 Å². The number of aliphatic imine (C=N–C) groups is 1. The molecule has 5 N–H and O–H groups in total. The molecule has 0 spiro atoms. The van der Waals surface area contributed by atoms with Crippen LogP contribution in [0.4, 0.5) is 0 Å². The number of amides is 5. The lowest BCUT2D eigenvalue weighted by Gasteiger charge is -2.41. The van der Waals surface area contributed by atoms with Gasteiger partial charge in [0.1, 0.15) is 11.7 Å². The standard InChI is InChI=1S/C45H76N8O7S.2ClH/c1-13-30(6)40(52(10)45(58)38(28(2)3)50-44(57)39(29(4)5)51(8)9)36(59-11)24-37(54)53-23-17-20-35(53)41(60-12)31(7)42(55)49-33(32-18-15-14-16-19-32)25-61-26-34(48-27-61)43(56)47-22-21-46;;/h14-16,18-19,26-31,33,35-36,38-41,61H,13,17,20-25,46H2,1-12H3,(H,47,56)(H,49,55)(H,50,57);2*1H/t30-,31-,33?,35-,36+,38-,39-,40-,41+;;/m0../s1. The zero-order valence-corrected chi connectivity index (χ0v) is 42.1. The maximum absolute atomic E-state index is 14.4. The van der Waals surface area contributed by atoms with Crippen LogP contribution in [0, 0.1) is 23.7 Å². The zero-order chi connectivity index (χ0) is 45.6. The van der Waals surface area contributed by atoms with Gasteiger partial charge in [-0.2, -0.15) is 10.9 Å². The maximum Gasteiger partial charge on any atom is 0.270 e. The molecule has 360 valence electrons. The molecule has 0 aliphatic carbocycles. The summed E-state index contributed by atoms with van der Waals surface area (Å²) in [7, 11) is 7.66. The lowest BCUT2D eigenvalue weighted by atomic mass is 9.89. The summed E-state index contributed by atoms with van der Waals surface area (Å²) in [6.07, 6.45) is 0.933. The molecular weight excluding hydrogens is 868 g/mol. The summed E-state index contributed by atoms with van der Waals surface area (Å²) >= 11 is 0. The number of nitrogens with zero attached hydrogens (tertiary/aromatic N) is 4. The maximum atomic E-state index is 14.4. The van der Waals surface area contributed by atoms with E-state index in [4.69, 9.17) is 15.2 Å². The number of ether oxygens (including phenoxy) is 2. The first kappa shape index (κ1) is 57.8. The van der Waals surface area contributed by atoms with E-state index in [9.17, 15) is 24.0 Å². The van der Waals surface area contributed by atoms with Crippen LogP contribution in [-0.4, -0.2) is 147 Å². The number of likely N-dealkylation sites (N-methyl/N-ethyl adjacent to an activating group) is 2. The number of carbonyl (C=O) groups is 5. The van der Waals surface area contributed by atoms with E-state index >= 15 is 0 Å². The molecule has 18 heteroatoms. The number of likely N-dealkylation sites (tertiary alicyclic amines) is 1. The molecule has 1 aromatic carbocycles. The Morgan fingerprint density at radius 1 is 0.937 bits per heavy atom. The van der Waals surface area contributed by atoms with Crippen molar-refractivity contribution in [2.75, 3.05) is 60.7 Å². The smallest absolute Gasteiger partial charge is 0.270 e. The summed E-state index contributed by atoms with van der Waals surface area (Å²) in [4.78, 5) is 78.6. The van der Waals surface area contributed by atoms with Gasteiger partial charge in [0, 0.05) is 52.2 Å². The largest absolute Gasteiger partial charge is 0.379 e. The van der Waals surface area contributed by atoms with E-state index < -0.39 is 47.1 Å². The lowest BCUT2D eigenvalue weighted by molar-refractivity contribution is -0.148. The van der Waals surface area contributed by atoms with Crippen LogP contribution in [0.3, 0.4) is 0 Å². The third-order valence-electron chi connectivity index (χ3n) is 12.2. The Hall–Kier alpha value is -3.25. The topological polar surface area (TPSA) is 188 Å². The molecule has 0 aromatic heterocycles. The van der Waals surface area contributed by atoms with Gasteiger partial charge in [0.2, 0.25) is 23.6 Å². The molecule has 1 fully saturated rings. The first-order valence-electron chi connectivity index (χ1n) is 21.9. The molecule has 1 aromatic rings. The molecule has 0 bridgehead atoms. The van der Waals surface area contributed by atoms with E-state index in [2.05, 4.69) is 20.9 Å². The Kier molecular flexibility index (Phi) is 25.6. The number of nitrogens with one attached hydrogen (secondary N) is 3. The van der Waals surface area contributed by atoms with Crippen LogP contribution in [0.2, 0.25) is 0 Å². The molecule has 5 amide bonds. The number of carbonyl (C=O) groups excluding carboxylic acids is 5. The summed E-state index contributed by atoms with van der Waals surface area (Å²) < 4.78 is 12.1. The molecule has 15 nitrogen and oxygen atoms in total. The number of thiol groups is 1. The van der Waals surface area contributed by atoms with Gasteiger partial charge in [0.05, 0.1) is 48.7 Å². The highest BCUT2D eigenvalue weighted by atomic mass is 35.5. The summed E-state index contributed by atoms with van der Waals surface area (Å²) in [6.45, 7) is 14.9. The van der Waals surface area contributed by atoms with Crippen molar-refractivity contribution >= 4 is 70.8 Å². The van der Waals surface area contributed by atoms with Crippen molar-refractivity contribution in [3.05, 3.63) is 47.0 Å². The van der Waals surface area contributed by atoms with E-state index in [0.717, 1.165) is 18.4 Å². The van der Waals surface area contributed by atoms with Crippen molar-refractivity contribution in [3.63, 3.8) is 0 Å². The fourth-order valence-electron chi connectivity index (χ4n) is 8.70. The Bertz CT molecular complexity index is 1660. The highest BCUT2D eigenvalue weighted by Crippen LogP contribution is 2.36. The highest BCUT2D eigenvalue weighted by Gasteiger charge is 2.43. The SMILES string of the molecule is CC[C@H](C)[C@@H]([C@@H](CC(=O)N1CCC[C@H]1[C@H](OC)[C@H](C)C(=O)NC(C[SH]1C=NC(C(=O)NCCN)=C1)c1ccccc1)OC)N(C)C(=O)[C@@H](NC(=O)[C@H](C(C)C)N(C)C)C(C)C.Cl.Cl. The quantitative estimate of drug-likeness (QED) is 0.0943. The third kappa shape index (κ3) is 15.7. The van der Waals surface area contributed by atoms with Gasteiger partial charge in [0.25, 0.3) is 5.91 Å². The third-order valence-corrected chi connectivity index (χ3v) is 13.9. The molecule has 1 saturated heterocycles. The lowest BCUT2D eigenvalue weighted by Crippen LogP contribution is -2.59. The van der Waals surface area contributed by atoms with Crippen LogP contribution < -0.4 is 21.7 Å². The average molecular weight is 946 g/mol. The van der Waals surface area contributed by atoms with Crippen LogP contribution in [0.15, 0.2) is 46.4 Å². The van der Waals surface area contributed by atoms with E-state index in [1.165, 1.54) is 0 Å². The van der Waals surface area contributed by atoms with Crippen molar-refractivity contribution < 1.29 is 33.4 Å². The van der Waals surface area contributed by atoms with E-state index in [0.29, 0.717) is 37.5 Å². The van der Waals surface area contributed by atoms with Gasteiger partial charge in [-0.15, -0.1) is 24.8 Å². The number of hydrogen-bond acceptors (Lipinski definition) is 10. The Balaban J connectivity index is 0.00000992. The molecular formula is C45H78Cl2N8O7S. The minimum atomic E-state index is -0.940. The van der Waals surface area contributed by atoms with Gasteiger partial charge in [-0.05, 0) is 55.7 Å². The first-order chi connectivity index (χ1) is 28.9. The Labute approximate surface area is 392 Å². The van der Waals surface area contributed by atoms with Crippen LogP contribution in [0.1, 0.15) is 85.8 Å². The molecule has 63 heavy (non-hydrogen) atoms. The summed E-state index contributed by atoms with van der Waals surface area (Å²) in [5.41, 5.74) is 8.62. The summed E-state index contributed by atoms with van der Waals surface area (Å²) in [5.74, 6) is -1.30. The second-order valence-electron chi connectivity index (χ2n) is 17.4. The highest BCUT2D eigenvalue weighted by molar-refractivity contribution is 8.31. The predicted octanol–water partition coefficient (Wildman–Crippen LogP) is 4.29. The van der Waals surface area contributed by atoms with E-state index in [-0.39, 0.29) is 90.6 Å². The second-order valence-corrected chi connectivity index (χ2v) is 19.3. The molecule has 2 aliphatic heterocycles. The van der Waals surface area contributed by atoms with E-state index in [1.807, 2.05) is 108 Å². The molecule has 10 atom stereocenters. The minimum absolute atomic E-state index is 0. The van der Waals surface area contributed by atoms with Gasteiger partial charge in [-0.1, -0.05) is 85.2 Å². The molecule has 0 saturated carbocycles. The van der Waals surface area contributed by atoms with Gasteiger partial charge < -0.3 is 41.0 Å². The zero-order valence-electron chi connectivity index (χ0n) is 39.5. The second kappa shape index (κ2) is 27.9. The van der Waals surface area contributed by atoms with Crippen molar-refractivity contribution in [3.8, 4) is 0 Å². The number of halogens is 2. The van der Waals surface area contributed by atoms with Gasteiger partial charge in [-0.3, -0.25) is 28.9 Å². The normalized spacial score (nSPS) is 20.3. The fraction of sp³-hybridized carbons (Fsp3) is 0.689. The number of nitrogens with two attached hydrogens (primary N) is 1. The van der Waals surface area contributed by atoms with Crippen molar-refractivity contribution in [2.24, 2.45) is 34.4 Å². The van der Waals surface area contributed by atoms with Crippen LogP contribution in [0.25, 0.3) is 0 Å². The van der Waals surface area contributed by atoms with Crippen LogP contribution in [0.5, 0.6) is 0 Å². The number of methoxy groups -OCH3 is 2. The minimum Gasteiger partial charge on any atom is -0.379 e. The van der Waals surface area contributed by atoms with E-state index in [1.54, 1.807) is 31.7 Å². The predicted molar refractivity (Wildman–Crippen MR) is 260 cm³/mol. The molecule has 2 unspecified atom stereocenters. The number of benzene rings is 1. The van der Waals surface area contributed by atoms with Crippen LogP contribution in [-0.2, 0) is 33.4 Å². The van der Waals surface area contributed by atoms with Crippen molar-refractivity contribution in [1.82, 2.24) is 30.7 Å². The first-order valence-corrected chi connectivity index (χ1v) is 23.5. The Morgan fingerprint density at radius 2 is 1.59 bits per heavy atom. The monoisotopic (exact) mass is 945 g/mol. The van der Waals surface area contributed by atoms with Gasteiger partial charge in [0.15, 0.2) is 0 Å². The molecule has 3 rings (SSSR count). The summed E-state index contributed by atoms with van der Waals surface area (Å²) in [5, 5.41) is 10.9. The van der Waals surface area contributed by atoms with Crippen LogP contribution >= 0.6 is 35.7 Å².